The number of rotatable bonds is 2. The third-order valence-electron chi connectivity index (χ3n) is 4.62. The molecular formula is C14H29ClN2. The minimum atomic E-state index is 0. The molecule has 2 nitrogen and oxygen atoms in total. The van der Waals surface area contributed by atoms with Crippen molar-refractivity contribution in [3.05, 3.63) is 0 Å². The molecule has 2 N–H and O–H groups in total. The average molecular weight is 261 g/mol. The number of nitrogens with zero attached hydrogens (tertiary/aromatic N) is 1. The van der Waals surface area contributed by atoms with Gasteiger partial charge in [0.05, 0.1) is 0 Å². The second kappa shape index (κ2) is 6.96. The third kappa shape index (κ3) is 4.42. The van der Waals surface area contributed by atoms with Crippen molar-refractivity contribution in [1.82, 2.24) is 4.90 Å². The summed E-state index contributed by atoms with van der Waals surface area (Å²) in [7, 11) is 0. The van der Waals surface area contributed by atoms with Gasteiger partial charge in [-0.25, -0.2) is 0 Å². The van der Waals surface area contributed by atoms with Crippen molar-refractivity contribution in [3.8, 4) is 0 Å². The van der Waals surface area contributed by atoms with Gasteiger partial charge in [0.1, 0.15) is 0 Å². The highest BCUT2D eigenvalue weighted by Gasteiger charge is 2.26. The zero-order valence-electron chi connectivity index (χ0n) is 11.4. The molecule has 1 saturated heterocycles. The normalized spacial score (nSPS) is 39.7. The van der Waals surface area contributed by atoms with E-state index in [1.165, 1.54) is 51.7 Å². The largest absolute Gasteiger partial charge is 0.327 e. The monoisotopic (exact) mass is 260 g/mol. The highest BCUT2D eigenvalue weighted by Crippen LogP contribution is 2.30. The number of likely N-dealkylation sites (tertiary alicyclic amines) is 1. The first-order chi connectivity index (χ1) is 7.65. The number of hydrogen-bond donors (Lipinski definition) is 1. The Hall–Kier alpha value is 0.210. The molecule has 0 amide bonds. The van der Waals surface area contributed by atoms with E-state index in [9.17, 15) is 0 Å². The van der Waals surface area contributed by atoms with Gasteiger partial charge in [0, 0.05) is 19.1 Å². The molecule has 1 saturated carbocycles. The van der Waals surface area contributed by atoms with Crippen LogP contribution in [0.3, 0.4) is 0 Å². The fourth-order valence-electron chi connectivity index (χ4n) is 3.51. The van der Waals surface area contributed by atoms with E-state index in [2.05, 4.69) is 18.7 Å². The molecule has 1 aliphatic heterocycles. The van der Waals surface area contributed by atoms with Crippen LogP contribution in [0.25, 0.3) is 0 Å². The predicted molar refractivity (Wildman–Crippen MR) is 76.6 cm³/mol. The Morgan fingerprint density at radius 2 is 1.94 bits per heavy atom. The summed E-state index contributed by atoms with van der Waals surface area (Å²) in [6, 6.07) is 0.446. The molecule has 0 aromatic rings. The van der Waals surface area contributed by atoms with E-state index in [4.69, 9.17) is 5.73 Å². The van der Waals surface area contributed by atoms with Crippen LogP contribution in [0.2, 0.25) is 0 Å². The summed E-state index contributed by atoms with van der Waals surface area (Å²) >= 11 is 0. The second-order valence-corrected chi connectivity index (χ2v) is 6.33. The Morgan fingerprint density at radius 3 is 2.59 bits per heavy atom. The molecule has 2 aliphatic rings. The van der Waals surface area contributed by atoms with Gasteiger partial charge in [-0.3, -0.25) is 0 Å². The molecule has 1 aliphatic carbocycles. The van der Waals surface area contributed by atoms with E-state index in [0.717, 1.165) is 11.8 Å². The van der Waals surface area contributed by atoms with Crippen molar-refractivity contribution in [3.63, 3.8) is 0 Å². The van der Waals surface area contributed by atoms with Crippen LogP contribution in [0.1, 0.15) is 46.0 Å². The standard InChI is InChI=1S/C14H28N2.ClH/c1-11-4-3-5-13(8-11)10-16-7-6-14(15)12(2)9-16;/h11-14H,3-10,15H2,1-2H3;1H. The molecule has 3 heteroatoms. The summed E-state index contributed by atoms with van der Waals surface area (Å²) in [6.45, 7) is 8.52. The minimum absolute atomic E-state index is 0. The molecule has 2 rings (SSSR count). The summed E-state index contributed by atoms with van der Waals surface area (Å²) in [5.41, 5.74) is 6.07. The van der Waals surface area contributed by atoms with E-state index in [1.807, 2.05) is 0 Å². The highest BCUT2D eigenvalue weighted by atomic mass is 35.5. The van der Waals surface area contributed by atoms with Gasteiger partial charge in [-0.2, -0.15) is 0 Å². The topological polar surface area (TPSA) is 29.3 Å². The van der Waals surface area contributed by atoms with Crippen LogP contribution in [0.5, 0.6) is 0 Å². The van der Waals surface area contributed by atoms with Gasteiger partial charge in [-0.1, -0.05) is 26.7 Å². The molecule has 0 spiro atoms. The van der Waals surface area contributed by atoms with Crippen LogP contribution >= 0.6 is 12.4 Å². The van der Waals surface area contributed by atoms with Crippen LogP contribution in [-0.2, 0) is 0 Å². The molecule has 0 aromatic heterocycles. The maximum absolute atomic E-state index is 6.07. The smallest absolute Gasteiger partial charge is 0.00889 e. The first kappa shape index (κ1) is 15.3. The summed E-state index contributed by atoms with van der Waals surface area (Å²) < 4.78 is 0. The lowest BCUT2D eigenvalue weighted by molar-refractivity contribution is 0.122. The molecule has 2 fully saturated rings. The fraction of sp³-hybridized carbons (Fsp3) is 1.00. The number of piperidine rings is 1. The van der Waals surface area contributed by atoms with Crippen LogP contribution in [0.15, 0.2) is 0 Å². The summed E-state index contributed by atoms with van der Waals surface area (Å²) in [4.78, 5) is 2.66. The van der Waals surface area contributed by atoms with Crippen LogP contribution < -0.4 is 5.73 Å². The van der Waals surface area contributed by atoms with Crippen molar-refractivity contribution in [2.45, 2.75) is 52.0 Å². The number of hydrogen-bond acceptors (Lipinski definition) is 2. The van der Waals surface area contributed by atoms with Gasteiger partial charge in [0.2, 0.25) is 0 Å². The maximum Gasteiger partial charge on any atom is 0.00889 e. The van der Waals surface area contributed by atoms with Gasteiger partial charge in [0.15, 0.2) is 0 Å². The highest BCUT2D eigenvalue weighted by molar-refractivity contribution is 5.85. The van der Waals surface area contributed by atoms with E-state index < -0.39 is 0 Å². The lowest BCUT2D eigenvalue weighted by Gasteiger charge is -2.38. The zero-order valence-corrected chi connectivity index (χ0v) is 12.2. The molecule has 1 heterocycles. The van der Waals surface area contributed by atoms with Crippen LogP contribution in [0, 0.1) is 17.8 Å². The average Bonchev–Trinajstić information content (AvgIpc) is 2.24. The first-order valence-corrected chi connectivity index (χ1v) is 7.13. The fourth-order valence-corrected chi connectivity index (χ4v) is 3.51. The van der Waals surface area contributed by atoms with Crippen molar-refractivity contribution in [2.75, 3.05) is 19.6 Å². The molecule has 17 heavy (non-hydrogen) atoms. The molecule has 4 atom stereocenters. The van der Waals surface area contributed by atoms with Crippen molar-refractivity contribution in [1.29, 1.82) is 0 Å². The molecule has 102 valence electrons. The minimum Gasteiger partial charge on any atom is -0.327 e. The van der Waals surface area contributed by atoms with E-state index in [0.29, 0.717) is 12.0 Å². The van der Waals surface area contributed by atoms with Gasteiger partial charge < -0.3 is 10.6 Å². The van der Waals surface area contributed by atoms with E-state index in [-0.39, 0.29) is 12.4 Å². The first-order valence-electron chi connectivity index (χ1n) is 7.13. The summed E-state index contributed by atoms with van der Waals surface area (Å²) in [5.74, 6) is 2.61. The van der Waals surface area contributed by atoms with Gasteiger partial charge in [0.25, 0.3) is 0 Å². The Balaban J connectivity index is 0.00000144. The molecule has 4 unspecified atom stereocenters. The quantitative estimate of drug-likeness (QED) is 0.827. The number of nitrogens with two attached hydrogens (primary N) is 1. The van der Waals surface area contributed by atoms with Crippen LogP contribution in [-0.4, -0.2) is 30.6 Å². The maximum atomic E-state index is 6.07. The lowest BCUT2D eigenvalue weighted by Crippen LogP contribution is -2.47. The lowest BCUT2D eigenvalue weighted by atomic mass is 9.81. The predicted octanol–water partition coefficient (Wildman–Crippen LogP) is 2.90. The van der Waals surface area contributed by atoms with E-state index in [1.54, 1.807) is 0 Å². The van der Waals surface area contributed by atoms with Gasteiger partial charge in [-0.05, 0) is 43.6 Å². The SMILES string of the molecule is CC1CCCC(CN2CCC(N)C(C)C2)C1.Cl. The molecular weight excluding hydrogens is 232 g/mol. The summed E-state index contributed by atoms with van der Waals surface area (Å²) in [5, 5.41) is 0. The molecule has 0 radical (unpaired) electrons. The zero-order chi connectivity index (χ0) is 11.5. The third-order valence-corrected chi connectivity index (χ3v) is 4.62. The Kier molecular flexibility index (Phi) is 6.25. The number of halogens is 1. The molecule has 0 aromatic carbocycles. The van der Waals surface area contributed by atoms with Crippen molar-refractivity contribution < 1.29 is 0 Å². The van der Waals surface area contributed by atoms with Crippen molar-refractivity contribution >= 4 is 12.4 Å². The second-order valence-electron chi connectivity index (χ2n) is 6.33. The van der Waals surface area contributed by atoms with Gasteiger partial charge in [-0.15, -0.1) is 12.4 Å². The molecule has 0 bridgehead atoms. The summed E-state index contributed by atoms with van der Waals surface area (Å²) in [6.07, 6.45) is 7.02. The Morgan fingerprint density at radius 1 is 1.18 bits per heavy atom. The van der Waals surface area contributed by atoms with Crippen molar-refractivity contribution in [2.24, 2.45) is 23.5 Å². The Bertz CT molecular complexity index is 222. The Labute approximate surface area is 113 Å². The van der Waals surface area contributed by atoms with E-state index >= 15 is 0 Å². The van der Waals surface area contributed by atoms with Gasteiger partial charge >= 0.3 is 0 Å². The van der Waals surface area contributed by atoms with Crippen LogP contribution in [0.4, 0.5) is 0 Å².